The van der Waals surface area contributed by atoms with E-state index in [9.17, 15) is 8.42 Å². The van der Waals surface area contributed by atoms with Crippen LogP contribution in [0.1, 0.15) is 0 Å². The van der Waals surface area contributed by atoms with Gasteiger partial charge in [-0.3, -0.25) is 0 Å². The second-order valence-electron chi connectivity index (χ2n) is 5.65. The molecule has 12 heteroatoms. The molecule has 9 nitrogen and oxygen atoms in total. The summed E-state index contributed by atoms with van der Waals surface area (Å²) in [6.45, 7) is 0.897. The zero-order valence-electron chi connectivity index (χ0n) is 15.2. The Hall–Kier alpha value is -1.72. The number of nitrogen functional groups attached to an aromatic ring is 1. The molecule has 2 rings (SSSR count). The van der Waals surface area contributed by atoms with E-state index in [2.05, 4.69) is 20.5 Å². The Morgan fingerprint density at radius 3 is 2.61 bits per heavy atom. The van der Waals surface area contributed by atoms with Crippen LogP contribution in [0, 0.1) is 0 Å². The van der Waals surface area contributed by atoms with Gasteiger partial charge in [0.1, 0.15) is 5.69 Å². The van der Waals surface area contributed by atoms with Gasteiger partial charge < -0.3 is 20.5 Å². The first-order chi connectivity index (χ1) is 13.3. The van der Waals surface area contributed by atoms with E-state index in [1.54, 1.807) is 18.2 Å². The van der Waals surface area contributed by atoms with Gasteiger partial charge in [-0.15, -0.1) is 10.2 Å². The Morgan fingerprint density at radius 1 is 1.14 bits per heavy atom. The maximum absolute atomic E-state index is 11.6. The summed E-state index contributed by atoms with van der Waals surface area (Å²) >= 11 is 12.2. The van der Waals surface area contributed by atoms with E-state index >= 15 is 0 Å². The predicted molar refractivity (Wildman–Crippen MR) is 110 cm³/mol. The van der Waals surface area contributed by atoms with Crippen molar-refractivity contribution in [1.29, 1.82) is 0 Å². The third-order valence-electron chi connectivity index (χ3n) is 3.59. The number of rotatable bonds is 11. The van der Waals surface area contributed by atoms with Crippen LogP contribution < -0.4 is 11.1 Å². The summed E-state index contributed by atoms with van der Waals surface area (Å²) in [5.41, 5.74) is 6.82. The fraction of sp³-hybridized carbons (Fsp3) is 0.438. The number of ether oxygens (including phenoxy) is 2. The topological polar surface area (TPSA) is 129 Å². The molecule has 1 aromatic heterocycles. The van der Waals surface area contributed by atoms with E-state index in [1.165, 1.54) is 7.11 Å². The van der Waals surface area contributed by atoms with Crippen molar-refractivity contribution in [3.63, 3.8) is 0 Å². The minimum Gasteiger partial charge on any atom is -0.384 e. The number of hydrogen-bond donors (Lipinski definition) is 2. The molecular weight excluding hydrogens is 429 g/mol. The van der Waals surface area contributed by atoms with Gasteiger partial charge in [-0.25, -0.2) is 8.42 Å². The van der Waals surface area contributed by atoms with Crippen molar-refractivity contribution in [3.05, 3.63) is 28.2 Å². The van der Waals surface area contributed by atoms with E-state index in [0.29, 0.717) is 27.8 Å². The Bertz CT molecular complexity index is 899. The standard InChI is InChI=1S/C16H21Cl2N5O4S/c1-26-7-9-28(24,25)10-8-27-6-5-20-16-21-15(19)14(22-23-16)11-3-2-4-12(17)13(11)18/h2-4H,5-10H2,1H3,(H3,19,20,21,23). The molecule has 0 aliphatic rings. The molecule has 154 valence electrons. The lowest BCUT2D eigenvalue weighted by atomic mass is 10.1. The Balaban J connectivity index is 1.81. The van der Waals surface area contributed by atoms with Gasteiger partial charge >= 0.3 is 0 Å². The van der Waals surface area contributed by atoms with Crippen LogP contribution in [0.4, 0.5) is 11.8 Å². The number of sulfone groups is 1. The first kappa shape index (κ1) is 22.6. The molecule has 0 radical (unpaired) electrons. The van der Waals surface area contributed by atoms with E-state index in [-0.39, 0.29) is 43.1 Å². The van der Waals surface area contributed by atoms with Crippen LogP contribution >= 0.6 is 23.2 Å². The number of nitrogens with one attached hydrogen (secondary N) is 1. The highest BCUT2D eigenvalue weighted by Gasteiger charge is 2.14. The van der Waals surface area contributed by atoms with Crippen molar-refractivity contribution in [3.8, 4) is 11.3 Å². The van der Waals surface area contributed by atoms with Crippen LogP contribution in [0.2, 0.25) is 10.0 Å². The minimum atomic E-state index is -3.17. The maximum atomic E-state index is 11.6. The average Bonchev–Trinajstić information content (AvgIpc) is 2.66. The molecule has 0 amide bonds. The maximum Gasteiger partial charge on any atom is 0.244 e. The fourth-order valence-electron chi connectivity index (χ4n) is 2.13. The van der Waals surface area contributed by atoms with Gasteiger partial charge in [0.15, 0.2) is 15.7 Å². The number of anilines is 2. The quantitative estimate of drug-likeness (QED) is 0.493. The van der Waals surface area contributed by atoms with Crippen molar-refractivity contribution >= 4 is 44.8 Å². The summed E-state index contributed by atoms with van der Waals surface area (Å²) in [5.74, 6) is 0.283. The normalized spacial score (nSPS) is 11.5. The van der Waals surface area contributed by atoms with Crippen molar-refractivity contribution in [2.45, 2.75) is 0 Å². The zero-order valence-corrected chi connectivity index (χ0v) is 17.5. The molecule has 1 heterocycles. The van der Waals surface area contributed by atoms with E-state index in [4.69, 9.17) is 38.4 Å². The van der Waals surface area contributed by atoms with Crippen LogP contribution in [-0.2, 0) is 19.3 Å². The molecule has 0 aliphatic carbocycles. The van der Waals surface area contributed by atoms with Gasteiger partial charge in [-0.05, 0) is 6.07 Å². The summed E-state index contributed by atoms with van der Waals surface area (Å²) in [6.07, 6.45) is 0. The highest BCUT2D eigenvalue weighted by atomic mass is 35.5. The molecule has 0 unspecified atom stereocenters. The van der Waals surface area contributed by atoms with Gasteiger partial charge in [0.2, 0.25) is 5.95 Å². The summed E-state index contributed by atoms with van der Waals surface area (Å²) in [4.78, 5) is 4.14. The van der Waals surface area contributed by atoms with Gasteiger partial charge in [-0.1, -0.05) is 35.3 Å². The fourth-order valence-corrected chi connectivity index (χ4v) is 3.51. The zero-order chi connectivity index (χ0) is 20.6. The third kappa shape index (κ3) is 6.71. The molecule has 3 N–H and O–H groups in total. The van der Waals surface area contributed by atoms with Crippen molar-refractivity contribution in [2.24, 2.45) is 0 Å². The number of halogens is 2. The SMILES string of the molecule is COCCS(=O)(=O)CCOCCNc1nnc(-c2cccc(Cl)c2Cl)c(N)n1. The average molecular weight is 450 g/mol. The van der Waals surface area contributed by atoms with Crippen molar-refractivity contribution in [2.75, 3.05) is 56.0 Å². The highest BCUT2D eigenvalue weighted by Crippen LogP contribution is 2.34. The summed E-state index contributed by atoms with van der Waals surface area (Å²) in [6, 6.07) is 5.10. The van der Waals surface area contributed by atoms with Gasteiger partial charge in [0.05, 0.1) is 41.4 Å². The largest absolute Gasteiger partial charge is 0.384 e. The van der Waals surface area contributed by atoms with Crippen molar-refractivity contribution in [1.82, 2.24) is 15.2 Å². The van der Waals surface area contributed by atoms with Gasteiger partial charge in [0, 0.05) is 19.2 Å². The Labute approximate surface area is 173 Å². The molecule has 28 heavy (non-hydrogen) atoms. The number of nitrogens with zero attached hydrogens (tertiary/aromatic N) is 3. The molecule has 0 bridgehead atoms. The number of benzene rings is 1. The second-order valence-corrected chi connectivity index (χ2v) is 8.74. The molecule has 0 saturated carbocycles. The first-order valence-corrected chi connectivity index (χ1v) is 10.9. The second kappa shape index (κ2) is 10.7. The number of nitrogens with two attached hydrogens (primary N) is 1. The molecule has 0 saturated heterocycles. The summed E-state index contributed by atoms with van der Waals surface area (Å²) < 4.78 is 33.3. The first-order valence-electron chi connectivity index (χ1n) is 8.29. The molecule has 1 aromatic carbocycles. The van der Waals surface area contributed by atoms with Crippen LogP contribution in [0.25, 0.3) is 11.3 Å². The smallest absolute Gasteiger partial charge is 0.244 e. The molecule has 0 fully saturated rings. The highest BCUT2D eigenvalue weighted by molar-refractivity contribution is 7.91. The van der Waals surface area contributed by atoms with Crippen LogP contribution in [0.3, 0.4) is 0 Å². The number of hydrogen-bond acceptors (Lipinski definition) is 9. The predicted octanol–water partition coefficient (Wildman–Crippen LogP) is 1.92. The summed E-state index contributed by atoms with van der Waals surface area (Å²) in [5, 5.41) is 11.6. The lowest BCUT2D eigenvalue weighted by Crippen LogP contribution is -2.20. The lowest BCUT2D eigenvalue weighted by molar-refractivity contribution is 0.159. The van der Waals surface area contributed by atoms with Crippen LogP contribution in [0.15, 0.2) is 18.2 Å². The van der Waals surface area contributed by atoms with Crippen LogP contribution in [-0.4, -0.2) is 68.6 Å². The Morgan fingerprint density at radius 2 is 1.89 bits per heavy atom. The minimum absolute atomic E-state index is 0.0209. The van der Waals surface area contributed by atoms with Crippen LogP contribution in [0.5, 0.6) is 0 Å². The number of methoxy groups -OCH3 is 1. The van der Waals surface area contributed by atoms with Crippen molar-refractivity contribution < 1.29 is 17.9 Å². The molecule has 0 aliphatic heterocycles. The molecule has 0 atom stereocenters. The van der Waals surface area contributed by atoms with E-state index in [1.807, 2.05) is 0 Å². The lowest BCUT2D eigenvalue weighted by Gasteiger charge is -2.09. The third-order valence-corrected chi connectivity index (χ3v) is 5.98. The molecule has 2 aromatic rings. The monoisotopic (exact) mass is 449 g/mol. The number of aromatic nitrogens is 3. The summed E-state index contributed by atoms with van der Waals surface area (Å²) in [7, 11) is -1.71. The Kier molecular flexibility index (Phi) is 8.64. The molecular formula is C16H21Cl2N5O4S. The van der Waals surface area contributed by atoms with Gasteiger partial charge in [0.25, 0.3) is 0 Å². The van der Waals surface area contributed by atoms with E-state index in [0.717, 1.165) is 0 Å². The van der Waals surface area contributed by atoms with Gasteiger partial charge in [-0.2, -0.15) is 4.98 Å². The van der Waals surface area contributed by atoms with E-state index < -0.39 is 9.84 Å². The molecule has 0 spiro atoms.